The van der Waals surface area contributed by atoms with Gasteiger partial charge in [-0.25, -0.2) is 4.79 Å². The van der Waals surface area contributed by atoms with Gasteiger partial charge < -0.3 is 4.74 Å². The van der Waals surface area contributed by atoms with Crippen LogP contribution in [0.4, 0.5) is 0 Å². The summed E-state index contributed by atoms with van der Waals surface area (Å²) in [5.74, 6) is -0.218. The molecule has 0 fully saturated rings. The van der Waals surface area contributed by atoms with Crippen LogP contribution in [0.2, 0.25) is 0 Å². The molecule has 0 aromatic carbocycles. The van der Waals surface area contributed by atoms with E-state index in [-0.39, 0.29) is 5.97 Å². The third-order valence-electron chi connectivity index (χ3n) is 3.78. The standard InChI is InChI=1S/C26H38O2/c1-4-7-8-9-10-11-12-13-14-15-16-17-18-19-20-21-22-23-24-25(5-2)26(27)28-6-3/h7-8,10-11,13-14,16-17,19-20,22-24H,4-6,9,12,15,18,21H2,1-3H3/b8-7-,11-10-,14-13-,17-16-,20-19-,23-22+,25-24?. The Morgan fingerprint density at radius 3 is 1.46 bits per heavy atom. The zero-order valence-electron chi connectivity index (χ0n) is 18.0. The van der Waals surface area contributed by atoms with Crippen LogP contribution in [-0.2, 0) is 9.53 Å². The van der Waals surface area contributed by atoms with Crippen molar-refractivity contribution in [1.82, 2.24) is 0 Å². The van der Waals surface area contributed by atoms with Gasteiger partial charge in [0.2, 0.25) is 0 Å². The van der Waals surface area contributed by atoms with Crippen molar-refractivity contribution in [2.24, 2.45) is 0 Å². The highest BCUT2D eigenvalue weighted by Crippen LogP contribution is 2.04. The number of hydrogen-bond donors (Lipinski definition) is 0. The minimum Gasteiger partial charge on any atom is -0.463 e. The average Bonchev–Trinajstić information content (AvgIpc) is 2.70. The molecule has 0 saturated carbocycles. The van der Waals surface area contributed by atoms with Gasteiger partial charge in [-0.2, -0.15) is 0 Å². The summed E-state index contributed by atoms with van der Waals surface area (Å²) in [6.45, 7) is 6.35. The van der Waals surface area contributed by atoms with Crippen LogP contribution in [0.15, 0.2) is 84.6 Å². The molecule has 0 unspecified atom stereocenters. The van der Waals surface area contributed by atoms with Gasteiger partial charge in [-0.05, 0) is 51.9 Å². The van der Waals surface area contributed by atoms with E-state index in [1.165, 1.54) is 0 Å². The Morgan fingerprint density at radius 2 is 1.07 bits per heavy atom. The monoisotopic (exact) mass is 382 g/mol. The first kappa shape index (κ1) is 25.6. The number of allylic oxidation sites excluding steroid dienone is 13. The van der Waals surface area contributed by atoms with E-state index in [1.54, 1.807) is 0 Å². The smallest absolute Gasteiger partial charge is 0.333 e. The summed E-state index contributed by atoms with van der Waals surface area (Å²) in [6.07, 6.45) is 34.4. The van der Waals surface area contributed by atoms with Crippen molar-refractivity contribution in [3.05, 3.63) is 84.6 Å². The molecule has 0 saturated heterocycles. The summed E-state index contributed by atoms with van der Waals surface area (Å²) >= 11 is 0. The second-order valence-electron chi connectivity index (χ2n) is 6.14. The molecule has 0 aliphatic heterocycles. The summed E-state index contributed by atoms with van der Waals surface area (Å²) in [4.78, 5) is 11.6. The van der Waals surface area contributed by atoms with E-state index in [1.807, 2.05) is 32.1 Å². The van der Waals surface area contributed by atoms with Crippen molar-refractivity contribution in [1.29, 1.82) is 0 Å². The quantitative estimate of drug-likeness (QED) is 0.126. The molecule has 2 heteroatoms. The molecular weight excluding hydrogens is 344 g/mol. The summed E-state index contributed by atoms with van der Waals surface area (Å²) in [5, 5.41) is 0. The fourth-order valence-corrected chi connectivity index (χ4v) is 2.24. The zero-order chi connectivity index (χ0) is 20.7. The number of rotatable bonds is 15. The maximum absolute atomic E-state index is 11.6. The van der Waals surface area contributed by atoms with Crippen LogP contribution in [0.5, 0.6) is 0 Å². The van der Waals surface area contributed by atoms with E-state index in [4.69, 9.17) is 4.74 Å². The largest absolute Gasteiger partial charge is 0.463 e. The van der Waals surface area contributed by atoms with Gasteiger partial charge in [0.1, 0.15) is 0 Å². The molecule has 0 heterocycles. The van der Waals surface area contributed by atoms with Gasteiger partial charge in [0.05, 0.1) is 6.61 Å². The van der Waals surface area contributed by atoms with Crippen molar-refractivity contribution in [3.63, 3.8) is 0 Å². The van der Waals surface area contributed by atoms with Crippen molar-refractivity contribution < 1.29 is 9.53 Å². The first-order valence-corrected chi connectivity index (χ1v) is 10.5. The Labute approximate surface area is 172 Å². The lowest BCUT2D eigenvalue weighted by atomic mass is 10.2. The van der Waals surface area contributed by atoms with E-state index >= 15 is 0 Å². The fourth-order valence-electron chi connectivity index (χ4n) is 2.24. The van der Waals surface area contributed by atoms with Crippen molar-refractivity contribution in [2.75, 3.05) is 6.61 Å². The van der Waals surface area contributed by atoms with Crippen LogP contribution in [0.3, 0.4) is 0 Å². The fraction of sp³-hybridized carbons (Fsp3) is 0.423. The van der Waals surface area contributed by atoms with E-state index in [0.717, 1.165) is 38.5 Å². The number of carbonyl (C=O) groups excluding carboxylic acids is 1. The van der Waals surface area contributed by atoms with E-state index in [9.17, 15) is 4.79 Å². The van der Waals surface area contributed by atoms with Gasteiger partial charge in [0.15, 0.2) is 0 Å². The molecule has 0 rings (SSSR count). The minimum atomic E-state index is -0.218. The Bertz CT molecular complexity index is 584. The van der Waals surface area contributed by atoms with Gasteiger partial charge in [-0.15, -0.1) is 0 Å². The lowest BCUT2D eigenvalue weighted by molar-refractivity contribution is -0.138. The molecule has 0 aliphatic rings. The van der Waals surface area contributed by atoms with Crippen LogP contribution in [0.25, 0.3) is 0 Å². The van der Waals surface area contributed by atoms with E-state index in [0.29, 0.717) is 18.6 Å². The highest BCUT2D eigenvalue weighted by molar-refractivity contribution is 5.88. The van der Waals surface area contributed by atoms with Crippen LogP contribution in [0, 0.1) is 0 Å². The predicted molar refractivity (Wildman–Crippen MR) is 123 cm³/mol. The van der Waals surface area contributed by atoms with Crippen molar-refractivity contribution in [3.8, 4) is 0 Å². The van der Waals surface area contributed by atoms with Gasteiger partial charge >= 0.3 is 5.97 Å². The average molecular weight is 383 g/mol. The maximum atomic E-state index is 11.6. The SMILES string of the molecule is CC/C=C\C/C=C\C/C=C\C/C=C\C/C=C\C/C=C/C=C(CC)C(=O)OCC. The van der Waals surface area contributed by atoms with Crippen LogP contribution < -0.4 is 0 Å². The van der Waals surface area contributed by atoms with E-state index in [2.05, 4.69) is 67.7 Å². The van der Waals surface area contributed by atoms with Gasteiger partial charge in [-0.3, -0.25) is 0 Å². The Kier molecular flexibility index (Phi) is 19.2. The lowest BCUT2D eigenvalue weighted by Crippen LogP contribution is -2.06. The maximum Gasteiger partial charge on any atom is 0.333 e. The number of esters is 1. The second-order valence-corrected chi connectivity index (χ2v) is 6.14. The Hall–Kier alpha value is -2.35. The molecule has 154 valence electrons. The molecule has 0 spiro atoms. The van der Waals surface area contributed by atoms with Crippen molar-refractivity contribution in [2.45, 2.75) is 65.7 Å². The molecule has 0 aromatic rings. The normalized spacial score (nSPS) is 13.5. The Balaban J connectivity index is 3.84. The number of hydrogen-bond acceptors (Lipinski definition) is 2. The second kappa shape index (κ2) is 21.0. The number of ether oxygens (including phenoxy) is 1. The van der Waals surface area contributed by atoms with Gasteiger partial charge in [0.25, 0.3) is 0 Å². The van der Waals surface area contributed by atoms with Crippen LogP contribution in [-0.4, -0.2) is 12.6 Å². The molecular formula is C26H38O2. The molecule has 2 nitrogen and oxygen atoms in total. The summed E-state index contributed by atoms with van der Waals surface area (Å²) in [7, 11) is 0. The lowest BCUT2D eigenvalue weighted by Gasteiger charge is -2.02. The molecule has 0 bridgehead atoms. The molecule has 0 atom stereocenters. The zero-order valence-corrected chi connectivity index (χ0v) is 18.0. The molecule has 0 radical (unpaired) electrons. The molecule has 28 heavy (non-hydrogen) atoms. The minimum absolute atomic E-state index is 0.218. The van der Waals surface area contributed by atoms with Gasteiger partial charge in [-0.1, -0.05) is 92.8 Å². The summed E-state index contributed by atoms with van der Waals surface area (Å²) in [5.41, 5.74) is 0.710. The van der Waals surface area contributed by atoms with E-state index < -0.39 is 0 Å². The predicted octanol–water partition coefficient (Wildman–Crippen LogP) is 7.58. The highest BCUT2D eigenvalue weighted by Gasteiger charge is 2.05. The summed E-state index contributed by atoms with van der Waals surface area (Å²) < 4.78 is 5.01. The topological polar surface area (TPSA) is 26.3 Å². The van der Waals surface area contributed by atoms with Crippen molar-refractivity contribution >= 4 is 5.97 Å². The van der Waals surface area contributed by atoms with Crippen LogP contribution >= 0.6 is 0 Å². The van der Waals surface area contributed by atoms with Crippen LogP contribution in [0.1, 0.15) is 65.7 Å². The molecule has 0 aliphatic carbocycles. The third-order valence-corrected chi connectivity index (χ3v) is 3.78. The molecule has 0 amide bonds. The first-order chi connectivity index (χ1) is 13.8. The highest BCUT2D eigenvalue weighted by atomic mass is 16.5. The Morgan fingerprint density at radius 1 is 0.643 bits per heavy atom. The number of carbonyl (C=O) groups is 1. The molecule has 0 aromatic heterocycles. The molecule has 0 N–H and O–H groups in total. The van der Waals surface area contributed by atoms with Gasteiger partial charge in [0, 0.05) is 5.57 Å². The third kappa shape index (κ3) is 17.1. The first-order valence-electron chi connectivity index (χ1n) is 10.5. The summed E-state index contributed by atoms with van der Waals surface area (Å²) in [6, 6.07) is 0.